The van der Waals surface area contributed by atoms with Crippen LogP contribution >= 0.6 is 12.2 Å². The molecular formula is C24H40N4S. The molecule has 1 aromatic carbocycles. The lowest BCUT2D eigenvalue weighted by Crippen LogP contribution is -2.63. The van der Waals surface area contributed by atoms with Crippen molar-refractivity contribution in [3.63, 3.8) is 0 Å². The molecule has 0 aromatic heterocycles. The molecule has 2 fully saturated rings. The van der Waals surface area contributed by atoms with Gasteiger partial charge in [0.15, 0.2) is 5.11 Å². The number of piperidine rings is 1. The zero-order valence-corrected chi connectivity index (χ0v) is 19.8. The second-order valence-electron chi connectivity index (χ2n) is 10.2. The highest BCUT2D eigenvalue weighted by Gasteiger charge is 2.38. The standard InChI is InChI=1S/C24H40N4S/c1-6-27-14-10-13-21(27)18-28(17-19-11-8-7-9-12-19)22(29)25-20-15-23(2,3)26-24(4,5)16-20/h7-9,11-12,20-21,26H,6,10,13-18H2,1-5H3,(H,25,29). The molecule has 0 aliphatic carbocycles. The molecule has 0 spiro atoms. The van der Waals surface area contributed by atoms with Gasteiger partial charge in [-0.2, -0.15) is 0 Å². The minimum absolute atomic E-state index is 0.115. The van der Waals surface area contributed by atoms with E-state index in [0.717, 1.165) is 37.6 Å². The van der Waals surface area contributed by atoms with Crippen molar-refractivity contribution >= 4 is 17.3 Å². The van der Waals surface area contributed by atoms with E-state index in [1.807, 2.05) is 0 Å². The summed E-state index contributed by atoms with van der Waals surface area (Å²) in [5.74, 6) is 0. The van der Waals surface area contributed by atoms with Crippen LogP contribution < -0.4 is 10.6 Å². The molecule has 4 nitrogen and oxygen atoms in total. The first-order chi connectivity index (χ1) is 13.7. The summed E-state index contributed by atoms with van der Waals surface area (Å²) in [4.78, 5) is 5.02. The first-order valence-electron chi connectivity index (χ1n) is 11.3. The molecule has 0 bridgehead atoms. The van der Waals surface area contributed by atoms with Gasteiger partial charge in [-0.3, -0.25) is 4.90 Å². The number of hydrogen-bond acceptors (Lipinski definition) is 3. The molecule has 1 aromatic rings. The summed E-state index contributed by atoms with van der Waals surface area (Å²) in [7, 11) is 0. The number of benzene rings is 1. The van der Waals surface area contributed by atoms with E-state index in [2.05, 4.69) is 85.4 Å². The van der Waals surface area contributed by atoms with Gasteiger partial charge in [-0.05, 0) is 84.2 Å². The van der Waals surface area contributed by atoms with Crippen molar-refractivity contribution in [3.05, 3.63) is 35.9 Å². The summed E-state index contributed by atoms with van der Waals surface area (Å²) in [6, 6.07) is 11.7. The lowest BCUT2D eigenvalue weighted by atomic mass is 9.80. The van der Waals surface area contributed by atoms with Crippen molar-refractivity contribution in [2.45, 2.75) is 90.0 Å². The molecule has 162 valence electrons. The van der Waals surface area contributed by atoms with Crippen LogP contribution in [0.25, 0.3) is 0 Å². The Morgan fingerprint density at radius 3 is 2.45 bits per heavy atom. The van der Waals surface area contributed by atoms with Gasteiger partial charge in [0, 0.05) is 36.3 Å². The maximum Gasteiger partial charge on any atom is 0.169 e. The van der Waals surface area contributed by atoms with Gasteiger partial charge < -0.3 is 15.5 Å². The van der Waals surface area contributed by atoms with E-state index in [1.165, 1.54) is 24.9 Å². The topological polar surface area (TPSA) is 30.5 Å². The van der Waals surface area contributed by atoms with Crippen LogP contribution in [0.1, 0.15) is 65.9 Å². The van der Waals surface area contributed by atoms with Gasteiger partial charge in [-0.1, -0.05) is 37.3 Å². The van der Waals surface area contributed by atoms with Crippen LogP contribution in [0.3, 0.4) is 0 Å². The molecule has 2 aliphatic rings. The lowest BCUT2D eigenvalue weighted by molar-refractivity contribution is 0.152. The third-order valence-corrected chi connectivity index (χ3v) is 6.73. The molecule has 0 radical (unpaired) electrons. The number of nitrogens with zero attached hydrogens (tertiary/aromatic N) is 2. The number of thiocarbonyl (C=S) groups is 1. The highest BCUT2D eigenvalue weighted by Crippen LogP contribution is 2.29. The van der Waals surface area contributed by atoms with Gasteiger partial charge in [0.05, 0.1) is 0 Å². The fourth-order valence-corrected chi connectivity index (χ4v) is 5.79. The number of nitrogens with one attached hydrogen (secondary N) is 2. The first kappa shape index (κ1) is 22.5. The summed E-state index contributed by atoms with van der Waals surface area (Å²) in [5.41, 5.74) is 1.55. The molecule has 5 heteroatoms. The van der Waals surface area contributed by atoms with E-state index < -0.39 is 0 Å². The summed E-state index contributed by atoms with van der Waals surface area (Å²) in [6.07, 6.45) is 4.74. The predicted molar refractivity (Wildman–Crippen MR) is 127 cm³/mol. The SMILES string of the molecule is CCN1CCCC1CN(Cc1ccccc1)C(=S)NC1CC(C)(C)NC(C)(C)C1. The minimum Gasteiger partial charge on any atom is -0.360 e. The zero-order chi connectivity index (χ0) is 21.1. The second-order valence-corrected chi connectivity index (χ2v) is 10.6. The fourth-order valence-electron chi connectivity index (χ4n) is 5.49. The zero-order valence-electron chi connectivity index (χ0n) is 19.0. The Morgan fingerprint density at radius 1 is 1.17 bits per heavy atom. The molecule has 2 heterocycles. The van der Waals surface area contributed by atoms with Crippen LogP contribution in [0.5, 0.6) is 0 Å². The average Bonchev–Trinajstić information content (AvgIpc) is 3.06. The maximum atomic E-state index is 5.99. The molecule has 2 aliphatic heterocycles. The maximum absolute atomic E-state index is 5.99. The number of hydrogen-bond donors (Lipinski definition) is 2. The van der Waals surface area contributed by atoms with Crippen LogP contribution in [0.2, 0.25) is 0 Å². The monoisotopic (exact) mass is 416 g/mol. The Kier molecular flexibility index (Phi) is 7.23. The molecule has 1 atom stereocenters. The van der Waals surface area contributed by atoms with Crippen molar-refractivity contribution in [2.75, 3.05) is 19.6 Å². The smallest absolute Gasteiger partial charge is 0.169 e. The van der Waals surface area contributed by atoms with Gasteiger partial charge in [0.2, 0.25) is 0 Å². The largest absolute Gasteiger partial charge is 0.360 e. The normalized spacial score (nSPS) is 24.4. The summed E-state index contributed by atoms with van der Waals surface area (Å²) in [6.45, 7) is 15.7. The third kappa shape index (κ3) is 6.40. The van der Waals surface area contributed by atoms with Crippen LogP contribution in [0.15, 0.2) is 30.3 Å². The van der Waals surface area contributed by atoms with Crippen LogP contribution in [0, 0.1) is 0 Å². The van der Waals surface area contributed by atoms with Crippen LogP contribution in [-0.4, -0.2) is 57.7 Å². The number of likely N-dealkylation sites (N-methyl/N-ethyl adjacent to an activating group) is 1. The van der Waals surface area contributed by atoms with Crippen molar-refractivity contribution in [2.24, 2.45) is 0 Å². The Labute approximate surface area is 183 Å². The van der Waals surface area contributed by atoms with E-state index in [0.29, 0.717) is 12.1 Å². The van der Waals surface area contributed by atoms with Crippen LogP contribution in [-0.2, 0) is 6.54 Å². The van der Waals surface area contributed by atoms with Gasteiger partial charge in [0.25, 0.3) is 0 Å². The molecular weight excluding hydrogens is 376 g/mol. The Morgan fingerprint density at radius 2 is 1.83 bits per heavy atom. The van der Waals surface area contributed by atoms with Crippen molar-refractivity contribution in [3.8, 4) is 0 Å². The molecule has 0 saturated carbocycles. The average molecular weight is 417 g/mol. The molecule has 2 saturated heterocycles. The Balaban J connectivity index is 1.71. The van der Waals surface area contributed by atoms with E-state index in [1.54, 1.807) is 0 Å². The van der Waals surface area contributed by atoms with Crippen molar-refractivity contribution in [1.29, 1.82) is 0 Å². The molecule has 0 amide bonds. The quantitative estimate of drug-likeness (QED) is 0.680. The molecule has 1 unspecified atom stereocenters. The van der Waals surface area contributed by atoms with E-state index in [9.17, 15) is 0 Å². The second kappa shape index (κ2) is 9.32. The van der Waals surface area contributed by atoms with E-state index >= 15 is 0 Å². The number of rotatable bonds is 6. The summed E-state index contributed by atoms with van der Waals surface area (Å²) in [5, 5.41) is 8.44. The molecule has 2 N–H and O–H groups in total. The lowest BCUT2D eigenvalue weighted by Gasteiger charge is -2.47. The predicted octanol–water partition coefficient (Wildman–Crippen LogP) is 4.16. The van der Waals surface area contributed by atoms with Crippen molar-refractivity contribution in [1.82, 2.24) is 20.4 Å². The van der Waals surface area contributed by atoms with Gasteiger partial charge in [-0.25, -0.2) is 0 Å². The van der Waals surface area contributed by atoms with E-state index in [4.69, 9.17) is 12.2 Å². The first-order valence-corrected chi connectivity index (χ1v) is 11.7. The molecule has 29 heavy (non-hydrogen) atoms. The van der Waals surface area contributed by atoms with Gasteiger partial charge >= 0.3 is 0 Å². The highest BCUT2D eigenvalue weighted by atomic mass is 32.1. The minimum atomic E-state index is 0.115. The van der Waals surface area contributed by atoms with Gasteiger partial charge in [-0.15, -0.1) is 0 Å². The van der Waals surface area contributed by atoms with Gasteiger partial charge in [0.1, 0.15) is 0 Å². The Hall–Kier alpha value is -1.17. The molecule has 3 rings (SSSR count). The Bertz CT molecular complexity index is 657. The highest BCUT2D eigenvalue weighted by molar-refractivity contribution is 7.80. The van der Waals surface area contributed by atoms with E-state index in [-0.39, 0.29) is 11.1 Å². The van der Waals surface area contributed by atoms with Crippen LogP contribution in [0.4, 0.5) is 0 Å². The number of likely N-dealkylation sites (tertiary alicyclic amines) is 1. The summed E-state index contributed by atoms with van der Waals surface area (Å²) < 4.78 is 0. The van der Waals surface area contributed by atoms with Crippen molar-refractivity contribution < 1.29 is 0 Å². The fraction of sp³-hybridized carbons (Fsp3) is 0.708. The summed E-state index contributed by atoms with van der Waals surface area (Å²) >= 11 is 5.99. The third-order valence-electron chi connectivity index (χ3n) is 6.36.